The van der Waals surface area contributed by atoms with Crippen LogP contribution in [-0.2, 0) is 9.84 Å². The first-order valence-corrected chi connectivity index (χ1v) is 8.62. The molecule has 24 heavy (non-hydrogen) atoms. The van der Waals surface area contributed by atoms with Gasteiger partial charge in [0, 0.05) is 0 Å². The van der Waals surface area contributed by atoms with Crippen molar-refractivity contribution in [3.8, 4) is 11.5 Å². The van der Waals surface area contributed by atoms with E-state index in [4.69, 9.17) is 9.84 Å². The van der Waals surface area contributed by atoms with Gasteiger partial charge in [0.05, 0.1) is 16.9 Å². The number of sulfone groups is 1. The number of hydrogen-bond donors (Lipinski definition) is 2. The largest absolute Gasteiger partial charge is 0.507 e. The van der Waals surface area contributed by atoms with Crippen molar-refractivity contribution >= 4 is 15.8 Å². The molecule has 2 rings (SSSR count). The molecule has 0 saturated heterocycles. The predicted molar refractivity (Wildman–Crippen MR) is 88.1 cm³/mol. The summed E-state index contributed by atoms with van der Waals surface area (Å²) in [6, 6.07) is 10.3. The number of carboxylic acids is 1. The summed E-state index contributed by atoms with van der Waals surface area (Å²) in [4.78, 5) is 11.1. The van der Waals surface area contributed by atoms with Crippen LogP contribution < -0.4 is 4.74 Å². The third kappa shape index (κ3) is 4.36. The van der Waals surface area contributed by atoms with Crippen molar-refractivity contribution in [2.45, 2.75) is 11.8 Å². The van der Waals surface area contributed by atoms with Crippen molar-refractivity contribution in [1.82, 2.24) is 0 Å². The minimum absolute atomic E-state index is 0.175. The van der Waals surface area contributed by atoms with Gasteiger partial charge in [0.1, 0.15) is 17.1 Å². The normalized spacial score (nSPS) is 11.5. The molecule has 2 N–H and O–H groups in total. The van der Waals surface area contributed by atoms with Gasteiger partial charge in [-0.1, -0.05) is 12.1 Å². The molecule has 0 heterocycles. The molecule has 0 aliphatic carbocycles. The Kier molecular flexibility index (Phi) is 5.25. The Morgan fingerprint density at radius 3 is 2.62 bits per heavy atom. The van der Waals surface area contributed by atoms with Gasteiger partial charge in [-0.05, 0) is 48.9 Å². The monoisotopic (exact) mass is 348 g/mol. The van der Waals surface area contributed by atoms with Crippen LogP contribution in [0.25, 0.3) is 0 Å². The van der Waals surface area contributed by atoms with E-state index in [0.717, 1.165) is 11.6 Å². The molecule has 2 aromatic carbocycles. The van der Waals surface area contributed by atoms with Gasteiger partial charge in [-0.3, -0.25) is 0 Å². The summed E-state index contributed by atoms with van der Waals surface area (Å²) in [5.74, 6) is -1.74. The quantitative estimate of drug-likeness (QED) is 0.779. The second-order valence-electron chi connectivity index (χ2n) is 5.07. The molecule has 0 radical (unpaired) electrons. The zero-order chi connectivity index (χ0) is 17.7. The second-order valence-corrected chi connectivity index (χ2v) is 7.11. The van der Waals surface area contributed by atoms with E-state index in [2.05, 4.69) is 0 Å². The smallest absolute Gasteiger partial charge is 0.339 e. The Balaban J connectivity index is 2.05. The molecule has 6 nitrogen and oxygen atoms in total. The fourth-order valence-electron chi connectivity index (χ4n) is 1.96. The summed E-state index contributed by atoms with van der Waals surface area (Å²) < 4.78 is 29.5. The van der Waals surface area contributed by atoms with Crippen LogP contribution in [0.2, 0.25) is 0 Å². The molecule has 0 amide bonds. The van der Waals surface area contributed by atoms with E-state index >= 15 is 0 Å². The summed E-state index contributed by atoms with van der Waals surface area (Å²) in [6.07, 6.45) is 2.50. The van der Waals surface area contributed by atoms with Gasteiger partial charge < -0.3 is 14.9 Å². The van der Waals surface area contributed by atoms with Gasteiger partial charge in [-0.15, -0.1) is 0 Å². The molecule has 126 valence electrons. The number of benzene rings is 2. The Morgan fingerprint density at radius 1 is 1.21 bits per heavy atom. The van der Waals surface area contributed by atoms with Crippen molar-refractivity contribution in [1.29, 1.82) is 0 Å². The van der Waals surface area contributed by atoms with E-state index in [0.29, 0.717) is 0 Å². The molecule has 0 atom stereocenters. The number of phenols is 1. The highest BCUT2D eigenvalue weighted by atomic mass is 32.2. The number of carboxylic acid groups (broad SMARTS) is 1. The average Bonchev–Trinajstić information content (AvgIpc) is 2.52. The number of aromatic carboxylic acids is 1. The van der Waals surface area contributed by atoms with Crippen molar-refractivity contribution in [3.05, 3.63) is 65.9 Å². The zero-order valence-electron chi connectivity index (χ0n) is 12.8. The zero-order valence-corrected chi connectivity index (χ0v) is 13.7. The molecule has 0 saturated carbocycles. The fraction of sp³-hybridized carbons (Fsp3) is 0.118. The van der Waals surface area contributed by atoms with Crippen LogP contribution in [0.3, 0.4) is 0 Å². The van der Waals surface area contributed by atoms with Crippen molar-refractivity contribution in [2.75, 3.05) is 5.75 Å². The minimum atomic E-state index is -3.47. The molecule has 0 fully saturated rings. The van der Waals surface area contributed by atoms with E-state index in [1.165, 1.54) is 30.5 Å². The lowest BCUT2D eigenvalue weighted by atomic mass is 10.2. The van der Waals surface area contributed by atoms with E-state index in [1.807, 2.05) is 13.0 Å². The SMILES string of the molecule is Cc1cccc(S(=O)(=O)CC=COc2ccc(O)c(C(=O)O)c2)c1. The first kappa shape index (κ1) is 17.6. The molecule has 7 heteroatoms. The van der Waals surface area contributed by atoms with Crippen LogP contribution in [0.5, 0.6) is 11.5 Å². The van der Waals surface area contributed by atoms with Crippen LogP contribution in [0.4, 0.5) is 0 Å². The third-order valence-electron chi connectivity index (χ3n) is 3.16. The standard InChI is InChI=1S/C17H16O6S/c1-12-4-2-5-14(10-12)24(21,22)9-3-8-23-13-6-7-16(18)15(11-13)17(19)20/h2-8,10-11,18H,9H2,1H3,(H,19,20). The third-order valence-corrected chi connectivity index (χ3v) is 4.77. The molecule has 0 unspecified atom stereocenters. The Labute approximate surface area is 139 Å². The number of aryl methyl sites for hydroxylation is 1. The Morgan fingerprint density at radius 2 is 1.96 bits per heavy atom. The lowest BCUT2D eigenvalue weighted by Gasteiger charge is -2.04. The van der Waals surface area contributed by atoms with Crippen molar-refractivity contribution in [3.63, 3.8) is 0 Å². The topological polar surface area (TPSA) is 101 Å². The molecule has 0 aliphatic heterocycles. The van der Waals surface area contributed by atoms with Crippen LogP contribution in [0, 0.1) is 6.92 Å². The number of rotatable bonds is 6. The molecular formula is C17H16O6S. The van der Waals surface area contributed by atoms with Gasteiger partial charge in [-0.2, -0.15) is 0 Å². The molecule has 0 aliphatic rings. The van der Waals surface area contributed by atoms with Crippen LogP contribution in [0.1, 0.15) is 15.9 Å². The number of ether oxygens (including phenoxy) is 1. The number of hydrogen-bond acceptors (Lipinski definition) is 5. The summed E-state index contributed by atoms with van der Waals surface area (Å²) in [6.45, 7) is 1.81. The van der Waals surface area contributed by atoms with Crippen LogP contribution in [-0.4, -0.2) is 30.4 Å². The summed E-state index contributed by atoms with van der Waals surface area (Å²) >= 11 is 0. The maximum atomic E-state index is 12.2. The first-order chi connectivity index (χ1) is 11.3. The number of carbonyl (C=O) groups is 1. The maximum Gasteiger partial charge on any atom is 0.339 e. The Bertz CT molecular complexity index is 884. The van der Waals surface area contributed by atoms with E-state index < -0.39 is 15.8 Å². The lowest BCUT2D eigenvalue weighted by molar-refractivity contribution is 0.0693. The number of aromatic hydroxyl groups is 1. The highest BCUT2D eigenvalue weighted by Crippen LogP contribution is 2.23. The molecule has 0 aromatic heterocycles. The van der Waals surface area contributed by atoms with E-state index in [-0.39, 0.29) is 27.7 Å². The van der Waals surface area contributed by atoms with Gasteiger partial charge >= 0.3 is 5.97 Å². The Hall–Kier alpha value is -2.80. The van der Waals surface area contributed by atoms with E-state index in [9.17, 15) is 18.3 Å². The predicted octanol–water partition coefficient (Wildman–Crippen LogP) is 2.77. The fourth-order valence-corrected chi connectivity index (χ4v) is 3.13. The van der Waals surface area contributed by atoms with E-state index in [1.54, 1.807) is 12.1 Å². The van der Waals surface area contributed by atoms with Crippen LogP contribution >= 0.6 is 0 Å². The molecule has 0 spiro atoms. The summed E-state index contributed by atoms with van der Waals surface area (Å²) in [7, 11) is -3.47. The maximum absolute atomic E-state index is 12.2. The van der Waals surface area contributed by atoms with Gasteiger partial charge in [-0.25, -0.2) is 13.2 Å². The van der Waals surface area contributed by atoms with Gasteiger partial charge in [0.15, 0.2) is 9.84 Å². The second kappa shape index (κ2) is 7.18. The highest BCUT2D eigenvalue weighted by molar-refractivity contribution is 7.91. The molecule has 2 aromatic rings. The molecular weight excluding hydrogens is 332 g/mol. The minimum Gasteiger partial charge on any atom is -0.507 e. The van der Waals surface area contributed by atoms with Gasteiger partial charge in [0.25, 0.3) is 0 Å². The van der Waals surface area contributed by atoms with Crippen LogP contribution in [0.15, 0.2) is 59.7 Å². The average molecular weight is 348 g/mol. The van der Waals surface area contributed by atoms with Crippen molar-refractivity contribution < 1.29 is 28.2 Å². The summed E-state index contributed by atoms with van der Waals surface area (Å²) in [5, 5.41) is 18.3. The lowest BCUT2D eigenvalue weighted by Crippen LogP contribution is -2.05. The first-order valence-electron chi connectivity index (χ1n) is 6.97. The van der Waals surface area contributed by atoms with Crippen molar-refractivity contribution in [2.24, 2.45) is 0 Å². The summed E-state index contributed by atoms with van der Waals surface area (Å²) in [5.41, 5.74) is 0.551. The van der Waals surface area contributed by atoms with Gasteiger partial charge in [0.2, 0.25) is 0 Å². The molecule has 0 bridgehead atoms. The highest BCUT2D eigenvalue weighted by Gasteiger charge is 2.13.